The van der Waals surface area contributed by atoms with E-state index in [9.17, 15) is 4.39 Å². The molecule has 0 bridgehead atoms. The van der Waals surface area contributed by atoms with E-state index in [1.807, 2.05) is 22.6 Å². The molecule has 0 radical (unpaired) electrons. The van der Waals surface area contributed by atoms with Crippen LogP contribution in [-0.2, 0) is 0 Å². The molecule has 5 N–H and O–H groups in total. The van der Waals surface area contributed by atoms with Crippen LogP contribution in [0.4, 0.5) is 27.4 Å². The highest BCUT2D eigenvalue weighted by atomic mass is 127. The maximum Gasteiger partial charge on any atom is 0.175 e. The lowest BCUT2D eigenvalue weighted by molar-refractivity contribution is 0.627. The Morgan fingerprint density at radius 1 is 1.29 bits per heavy atom. The molecule has 0 saturated heterocycles. The average molecular weight is 346 g/mol. The number of anilines is 2. The SMILES string of the molecule is Nc1n[nH]c(N)c1N=Nc1ccc(I)cc1F. The van der Waals surface area contributed by atoms with Crippen molar-refractivity contribution in [3.8, 4) is 0 Å². The number of halogens is 2. The van der Waals surface area contributed by atoms with Crippen molar-refractivity contribution in [3.05, 3.63) is 27.6 Å². The first-order valence-corrected chi connectivity index (χ1v) is 5.62. The molecule has 17 heavy (non-hydrogen) atoms. The molecule has 1 heterocycles. The first-order valence-electron chi connectivity index (χ1n) is 4.54. The average Bonchev–Trinajstić information content (AvgIpc) is 2.58. The number of H-pyrrole nitrogens is 1. The van der Waals surface area contributed by atoms with E-state index < -0.39 is 5.82 Å². The van der Waals surface area contributed by atoms with Gasteiger partial charge in [-0.2, -0.15) is 5.10 Å². The number of nitrogen functional groups attached to an aromatic ring is 2. The van der Waals surface area contributed by atoms with Crippen molar-refractivity contribution >= 4 is 45.6 Å². The first-order chi connectivity index (χ1) is 8.08. The van der Waals surface area contributed by atoms with Gasteiger partial charge in [0.15, 0.2) is 17.3 Å². The standard InChI is InChI=1S/C9H8FIN6/c10-5-3-4(11)1-2-6(5)14-15-7-8(12)16-17-9(7)13/h1-3H,(H5,12,13,16,17). The summed E-state index contributed by atoms with van der Waals surface area (Å²) in [5.74, 6) is -0.143. The number of azo groups is 1. The number of rotatable bonds is 2. The van der Waals surface area contributed by atoms with Crippen molar-refractivity contribution in [1.82, 2.24) is 10.2 Å². The minimum Gasteiger partial charge on any atom is -0.382 e. The molecule has 0 aliphatic carbocycles. The van der Waals surface area contributed by atoms with Crippen LogP contribution in [0.25, 0.3) is 0 Å². The second-order valence-corrected chi connectivity index (χ2v) is 4.41. The van der Waals surface area contributed by atoms with E-state index in [0.717, 1.165) is 3.57 Å². The normalized spacial score (nSPS) is 11.2. The smallest absolute Gasteiger partial charge is 0.175 e. The van der Waals surface area contributed by atoms with E-state index in [4.69, 9.17) is 11.5 Å². The van der Waals surface area contributed by atoms with E-state index in [-0.39, 0.29) is 23.0 Å². The van der Waals surface area contributed by atoms with Gasteiger partial charge in [-0.05, 0) is 40.8 Å². The molecule has 0 aliphatic heterocycles. The Morgan fingerprint density at radius 2 is 2.06 bits per heavy atom. The van der Waals surface area contributed by atoms with Crippen LogP contribution in [0.2, 0.25) is 0 Å². The molecule has 0 atom stereocenters. The molecule has 1 aromatic carbocycles. The van der Waals surface area contributed by atoms with Gasteiger partial charge in [-0.1, -0.05) is 0 Å². The fourth-order valence-corrected chi connectivity index (χ4v) is 1.59. The lowest BCUT2D eigenvalue weighted by Gasteiger charge is -1.96. The number of aromatic nitrogens is 2. The second kappa shape index (κ2) is 4.65. The Kier molecular flexibility index (Phi) is 3.22. The van der Waals surface area contributed by atoms with Crippen LogP contribution < -0.4 is 11.5 Å². The molecule has 8 heteroatoms. The lowest BCUT2D eigenvalue weighted by Crippen LogP contribution is -1.84. The third-order valence-corrected chi connectivity index (χ3v) is 2.63. The number of nitrogens with two attached hydrogens (primary N) is 2. The van der Waals surface area contributed by atoms with Crippen LogP contribution in [0.3, 0.4) is 0 Å². The first kappa shape index (κ1) is 11.8. The zero-order valence-corrected chi connectivity index (χ0v) is 10.6. The highest BCUT2D eigenvalue weighted by molar-refractivity contribution is 14.1. The minimum atomic E-state index is -0.457. The van der Waals surface area contributed by atoms with Gasteiger partial charge in [-0.25, -0.2) is 4.39 Å². The second-order valence-electron chi connectivity index (χ2n) is 3.17. The monoisotopic (exact) mass is 346 g/mol. The molecule has 0 fully saturated rings. The third-order valence-electron chi connectivity index (χ3n) is 1.96. The zero-order chi connectivity index (χ0) is 12.4. The van der Waals surface area contributed by atoms with Gasteiger partial charge in [-0.15, -0.1) is 10.2 Å². The number of benzene rings is 1. The molecule has 0 unspecified atom stereocenters. The Hall–Kier alpha value is -1.71. The molecule has 0 spiro atoms. The molecule has 1 aromatic heterocycles. The lowest BCUT2D eigenvalue weighted by atomic mass is 10.3. The summed E-state index contributed by atoms with van der Waals surface area (Å²) in [6.45, 7) is 0. The molecule has 88 valence electrons. The number of nitrogens with zero attached hydrogens (tertiary/aromatic N) is 3. The predicted octanol–water partition coefficient (Wildman–Crippen LogP) is 2.73. The summed E-state index contributed by atoms with van der Waals surface area (Å²) in [6, 6.07) is 4.60. The van der Waals surface area contributed by atoms with Crippen molar-refractivity contribution in [2.24, 2.45) is 10.2 Å². The van der Waals surface area contributed by atoms with Crippen molar-refractivity contribution in [1.29, 1.82) is 0 Å². The molecular weight excluding hydrogens is 338 g/mol. The molecular formula is C9H8FIN6. The fourth-order valence-electron chi connectivity index (χ4n) is 1.14. The summed E-state index contributed by atoms with van der Waals surface area (Å²) >= 11 is 2.00. The summed E-state index contributed by atoms with van der Waals surface area (Å²) in [4.78, 5) is 0. The number of aromatic amines is 1. The van der Waals surface area contributed by atoms with Gasteiger partial charge in [0.25, 0.3) is 0 Å². The molecule has 0 saturated carbocycles. The van der Waals surface area contributed by atoms with Crippen molar-refractivity contribution in [2.45, 2.75) is 0 Å². The summed E-state index contributed by atoms with van der Waals surface area (Å²) in [6.07, 6.45) is 0. The number of nitrogens with one attached hydrogen (secondary N) is 1. The van der Waals surface area contributed by atoms with Gasteiger partial charge in [0, 0.05) is 3.57 Å². The van der Waals surface area contributed by atoms with Crippen LogP contribution in [0, 0.1) is 9.39 Å². The third kappa shape index (κ3) is 2.52. The molecule has 6 nitrogen and oxygen atoms in total. The molecule has 2 aromatic rings. The zero-order valence-electron chi connectivity index (χ0n) is 8.48. The Bertz CT molecular complexity index is 559. The number of hydrogen-bond donors (Lipinski definition) is 3. The van der Waals surface area contributed by atoms with E-state index >= 15 is 0 Å². The largest absolute Gasteiger partial charge is 0.382 e. The maximum atomic E-state index is 13.4. The maximum absolute atomic E-state index is 13.4. The molecule has 2 rings (SSSR count). The van der Waals surface area contributed by atoms with Gasteiger partial charge in [-0.3, -0.25) is 5.10 Å². The Balaban J connectivity index is 2.32. The Morgan fingerprint density at radius 3 is 2.65 bits per heavy atom. The summed E-state index contributed by atoms with van der Waals surface area (Å²) in [5.41, 5.74) is 11.3. The van der Waals surface area contributed by atoms with Crippen LogP contribution in [0.1, 0.15) is 0 Å². The van der Waals surface area contributed by atoms with E-state index in [0.29, 0.717) is 0 Å². The van der Waals surface area contributed by atoms with Crippen LogP contribution >= 0.6 is 22.6 Å². The topological polar surface area (TPSA) is 105 Å². The van der Waals surface area contributed by atoms with Crippen LogP contribution in [0.15, 0.2) is 28.4 Å². The van der Waals surface area contributed by atoms with Gasteiger partial charge in [0.1, 0.15) is 11.5 Å². The van der Waals surface area contributed by atoms with E-state index in [2.05, 4.69) is 20.4 Å². The van der Waals surface area contributed by atoms with Crippen molar-refractivity contribution in [2.75, 3.05) is 11.5 Å². The minimum absolute atomic E-state index is 0.116. The number of hydrogen-bond acceptors (Lipinski definition) is 5. The highest BCUT2D eigenvalue weighted by Gasteiger charge is 2.07. The fraction of sp³-hybridized carbons (Fsp3) is 0. The van der Waals surface area contributed by atoms with Crippen LogP contribution in [-0.4, -0.2) is 10.2 Å². The van der Waals surface area contributed by atoms with E-state index in [1.165, 1.54) is 12.1 Å². The summed E-state index contributed by atoms with van der Waals surface area (Å²) < 4.78 is 14.2. The van der Waals surface area contributed by atoms with Gasteiger partial charge < -0.3 is 11.5 Å². The van der Waals surface area contributed by atoms with Gasteiger partial charge in [0.2, 0.25) is 0 Å². The van der Waals surface area contributed by atoms with Gasteiger partial charge in [0.05, 0.1) is 0 Å². The van der Waals surface area contributed by atoms with Crippen molar-refractivity contribution in [3.63, 3.8) is 0 Å². The predicted molar refractivity (Wildman–Crippen MR) is 70.7 cm³/mol. The van der Waals surface area contributed by atoms with Crippen molar-refractivity contribution < 1.29 is 4.39 Å². The molecule has 0 amide bonds. The van der Waals surface area contributed by atoms with Crippen LogP contribution in [0.5, 0.6) is 0 Å². The Labute approximate surface area is 109 Å². The van der Waals surface area contributed by atoms with E-state index in [1.54, 1.807) is 6.07 Å². The summed E-state index contributed by atoms with van der Waals surface area (Å²) in [7, 11) is 0. The highest BCUT2D eigenvalue weighted by Crippen LogP contribution is 2.29. The molecule has 0 aliphatic rings. The van der Waals surface area contributed by atoms with Gasteiger partial charge >= 0.3 is 0 Å². The quantitative estimate of drug-likeness (QED) is 0.575. The summed E-state index contributed by atoms with van der Waals surface area (Å²) in [5, 5.41) is 13.6.